The molecule has 184 valence electrons. The predicted molar refractivity (Wildman–Crippen MR) is 134 cm³/mol. The van der Waals surface area contributed by atoms with Crippen LogP contribution in [0, 0.1) is 0 Å². The summed E-state index contributed by atoms with van der Waals surface area (Å²) in [4.78, 5) is 18.0. The number of rotatable bonds is 8. The molecule has 0 spiro atoms. The lowest BCUT2D eigenvalue weighted by molar-refractivity contribution is -0.122. The van der Waals surface area contributed by atoms with Crippen molar-refractivity contribution < 1.29 is 17.9 Å². The zero-order valence-corrected chi connectivity index (χ0v) is 21.0. The van der Waals surface area contributed by atoms with Crippen molar-refractivity contribution in [1.82, 2.24) is 9.21 Å². The van der Waals surface area contributed by atoms with Gasteiger partial charge in [0, 0.05) is 45.7 Å². The monoisotopic (exact) mass is 486 g/mol. The molecule has 0 aromatic heterocycles. The summed E-state index contributed by atoms with van der Waals surface area (Å²) in [5.74, 6) is 0.443. The van der Waals surface area contributed by atoms with Gasteiger partial charge in [0.1, 0.15) is 5.75 Å². The van der Waals surface area contributed by atoms with Crippen molar-refractivity contribution in [2.24, 2.45) is 0 Å². The fraction of sp³-hybridized carbons (Fsp3) is 0.480. The van der Waals surface area contributed by atoms with Crippen LogP contribution in [0.2, 0.25) is 0 Å². The van der Waals surface area contributed by atoms with Crippen LogP contribution in [0.3, 0.4) is 0 Å². The number of amides is 1. The average Bonchev–Trinajstić information content (AvgIpc) is 3.29. The Morgan fingerprint density at radius 1 is 1.06 bits per heavy atom. The summed E-state index contributed by atoms with van der Waals surface area (Å²) in [5.41, 5.74) is 2.33. The molecule has 4 rings (SSSR count). The fourth-order valence-electron chi connectivity index (χ4n) is 4.61. The smallest absolute Gasteiger partial charge is 0.265 e. The molecule has 0 bridgehead atoms. The van der Waals surface area contributed by atoms with Crippen LogP contribution in [0.4, 0.5) is 11.4 Å². The molecule has 1 saturated heterocycles. The van der Waals surface area contributed by atoms with Crippen LogP contribution in [-0.2, 0) is 21.2 Å². The number of hydrogen-bond donors (Lipinski definition) is 1. The van der Waals surface area contributed by atoms with Gasteiger partial charge in [0.2, 0.25) is 10.0 Å². The van der Waals surface area contributed by atoms with E-state index in [0.717, 1.165) is 49.7 Å². The van der Waals surface area contributed by atoms with Gasteiger partial charge in [-0.15, -0.1) is 0 Å². The summed E-state index contributed by atoms with van der Waals surface area (Å²) in [7, 11) is -3.66. The Hall–Kier alpha value is -2.62. The molecule has 2 aromatic carbocycles. The minimum Gasteiger partial charge on any atom is -0.480 e. The third kappa shape index (κ3) is 4.92. The quantitative estimate of drug-likeness (QED) is 0.618. The maximum Gasteiger partial charge on any atom is 0.265 e. The van der Waals surface area contributed by atoms with Gasteiger partial charge in [-0.1, -0.05) is 39.0 Å². The van der Waals surface area contributed by atoms with Crippen LogP contribution in [0.5, 0.6) is 5.75 Å². The topological polar surface area (TPSA) is 82.2 Å². The lowest BCUT2D eigenvalue weighted by atomic mass is 10.1. The minimum absolute atomic E-state index is 0.179. The van der Waals surface area contributed by atoms with Gasteiger partial charge in [0.25, 0.3) is 5.91 Å². The Balaban J connectivity index is 1.63. The number of sulfonamides is 1. The standard InChI is InChI=1S/C25H34N4O4S/c1-4-27-13-15-28(16-14-27)22-12-11-20(34(31,32)29(5-2)6-3)18-21(22)26-25(30)24-17-19-9-7-8-10-23(19)33-24/h7-12,18,24H,4-6,13-17H2,1-3H3,(H,26,30). The molecule has 2 aliphatic rings. The first-order valence-electron chi connectivity index (χ1n) is 12.0. The maximum atomic E-state index is 13.2. The first-order chi connectivity index (χ1) is 16.4. The van der Waals surface area contributed by atoms with Crippen LogP contribution in [0.15, 0.2) is 47.4 Å². The number of carbonyl (C=O) groups is 1. The highest BCUT2D eigenvalue weighted by atomic mass is 32.2. The van der Waals surface area contributed by atoms with Crippen molar-refractivity contribution in [3.05, 3.63) is 48.0 Å². The molecule has 0 saturated carbocycles. The molecule has 0 aliphatic carbocycles. The molecule has 8 nitrogen and oxygen atoms in total. The molecular weight excluding hydrogens is 452 g/mol. The molecule has 1 fully saturated rings. The molecule has 1 unspecified atom stereocenters. The van der Waals surface area contributed by atoms with Crippen LogP contribution in [0.25, 0.3) is 0 Å². The van der Waals surface area contributed by atoms with Gasteiger partial charge in [-0.05, 0) is 36.4 Å². The van der Waals surface area contributed by atoms with Crippen molar-refractivity contribution in [3.8, 4) is 5.75 Å². The van der Waals surface area contributed by atoms with Gasteiger partial charge < -0.3 is 19.9 Å². The Bertz CT molecular complexity index is 1100. The molecule has 0 radical (unpaired) electrons. The molecule has 2 heterocycles. The number of fused-ring (bicyclic) bond motifs is 1. The normalized spacial score (nSPS) is 18.6. The number of hydrogen-bond acceptors (Lipinski definition) is 6. The number of benzene rings is 2. The van der Waals surface area contributed by atoms with Gasteiger partial charge in [-0.3, -0.25) is 4.79 Å². The summed E-state index contributed by atoms with van der Waals surface area (Å²) < 4.78 is 33.6. The zero-order valence-electron chi connectivity index (χ0n) is 20.2. The fourth-order valence-corrected chi connectivity index (χ4v) is 6.10. The van der Waals surface area contributed by atoms with Crippen LogP contribution < -0.4 is 15.0 Å². The molecule has 1 atom stereocenters. The van der Waals surface area contributed by atoms with Gasteiger partial charge in [0.05, 0.1) is 16.3 Å². The second-order valence-electron chi connectivity index (χ2n) is 8.60. The SMILES string of the molecule is CCN1CCN(c2ccc(S(=O)(=O)N(CC)CC)cc2NC(=O)C2Cc3ccccc3O2)CC1. The Labute approximate surface area is 202 Å². The van der Waals surface area contributed by atoms with Crippen molar-refractivity contribution in [3.63, 3.8) is 0 Å². The molecular formula is C25H34N4O4S. The van der Waals surface area contributed by atoms with Crippen LogP contribution >= 0.6 is 0 Å². The van der Waals surface area contributed by atoms with Crippen molar-refractivity contribution in [2.45, 2.75) is 38.2 Å². The van der Waals surface area contributed by atoms with Crippen molar-refractivity contribution in [2.75, 3.05) is 56.0 Å². The van der Waals surface area contributed by atoms with Gasteiger partial charge in [-0.25, -0.2) is 8.42 Å². The van der Waals surface area contributed by atoms with E-state index in [9.17, 15) is 13.2 Å². The van der Waals surface area contributed by atoms with E-state index in [-0.39, 0.29) is 10.8 Å². The number of nitrogens with one attached hydrogen (secondary N) is 1. The predicted octanol–water partition coefficient (Wildman–Crippen LogP) is 2.80. The van der Waals surface area contributed by atoms with E-state index >= 15 is 0 Å². The summed E-state index contributed by atoms with van der Waals surface area (Å²) in [5, 5.41) is 3.00. The second-order valence-corrected chi connectivity index (χ2v) is 10.5. The van der Waals surface area contributed by atoms with Gasteiger partial charge in [-0.2, -0.15) is 4.31 Å². The number of para-hydroxylation sites is 1. The van der Waals surface area contributed by atoms with Crippen molar-refractivity contribution in [1.29, 1.82) is 0 Å². The molecule has 1 amide bonds. The first-order valence-corrected chi connectivity index (χ1v) is 13.5. The van der Waals surface area contributed by atoms with Crippen molar-refractivity contribution >= 4 is 27.3 Å². The average molecular weight is 487 g/mol. The Kier molecular flexibility index (Phi) is 7.45. The Morgan fingerprint density at radius 2 is 1.76 bits per heavy atom. The lowest BCUT2D eigenvalue weighted by Gasteiger charge is -2.36. The highest BCUT2D eigenvalue weighted by Gasteiger charge is 2.31. The highest BCUT2D eigenvalue weighted by molar-refractivity contribution is 7.89. The van der Waals surface area contributed by atoms with E-state index in [2.05, 4.69) is 22.0 Å². The number of ether oxygens (including phenoxy) is 1. The molecule has 1 N–H and O–H groups in total. The number of likely N-dealkylation sites (N-methyl/N-ethyl adjacent to an activating group) is 1. The third-order valence-electron chi connectivity index (χ3n) is 6.67. The van der Waals surface area contributed by atoms with Crippen LogP contribution in [0.1, 0.15) is 26.3 Å². The van der Waals surface area contributed by atoms with E-state index < -0.39 is 16.1 Å². The summed E-state index contributed by atoms with van der Waals surface area (Å²) in [6, 6.07) is 12.7. The number of piperazine rings is 1. The third-order valence-corrected chi connectivity index (χ3v) is 8.71. The van der Waals surface area contributed by atoms with E-state index in [1.54, 1.807) is 12.1 Å². The summed E-state index contributed by atoms with van der Waals surface area (Å²) in [6.45, 7) is 11.0. The number of carbonyl (C=O) groups excluding carboxylic acids is 1. The zero-order chi connectivity index (χ0) is 24.3. The molecule has 34 heavy (non-hydrogen) atoms. The van der Waals surface area contributed by atoms with E-state index in [1.807, 2.05) is 44.2 Å². The largest absolute Gasteiger partial charge is 0.480 e. The lowest BCUT2D eigenvalue weighted by Crippen LogP contribution is -2.46. The molecule has 2 aromatic rings. The van der Waals surface area contributed by atoms with Gasteiger partial charge >= 0.3 is 0 Å². The Morgan fingerprint density at radius 3 is 2.41 bits per heavy atom. The second kappa shape index (κ2) is 10.3. The van der Waals surface area contributed by atoms with Gasteiger partial charge in [0.15, 0.2) is 6.10 Å². The molecule has 9 heteroatoms. The number of nitrogens with zero attached hydrogens (tertiary/aromatic N) is 3. The summed E-state index contributed by atoms with van der Waals surface area (Å²) >= 11 is 0. The maximum absolute atomic E-state index is 13.2. The van der Waals surface area contributed by atoms with Crippen LogP contribution in [-0.4, -0.2) is 75.4 Å². The first kappa shape index (κ1) is 24.5. The van der Waals surface area contributed by atoms with E-state index in [1.165, 1.54) is 4.31 Å². The minimum atomic E-state index is -3.66. The van der Waals surface area contributed by atoms with E-state index in [4.69, 9.17) is 4.74 Å². The molecule has 2 aliphatic heterocycles. The number of anilines is 2. The summed E-state index contributed by atoms with van der Waals surface area (Å²) in [6.07, 6.45) is -0.158. The van der Waals surface area contributed by atoms with E-state index in [0.29, 0.717) is 25.2 Å². The highest BCUT2D eigenvalue weighted by Crippen LogP contribution is 2.33.